The molecule has 19 heavy (non-hydrogen) atoms. The number of rotatable bonds is 4. The lowest BCUT2D eigenvalue weighted by molar-refractivity contribution is -0.114. The molecule has 0 bridgehead atoms. The molecule has 3 nitrogen and oxygen atoms in total. The van der Waals surface area contributed by atoms with Gasteiger partial charge in [0, 0.05) is 14.3 Å². The third-order valence-electron chi connectivity index (χ3n) is 2.43. The Labute approximate surface area is 130 Å². The molecule has 0 saturated carbocycles. The maximum Gasteiger partial charge on any atom is 0.243 e. The highest BCUT2D eigenvalue weighted by Crippen LogP contribution is 2.22. The number of benzene rings is 2. The number of para-hydroxylation sites is 1. The molecule has 2 aromatic carbocycles. The smallest absolute Gasteiger partial charge is 0.243 e. The largest absolute Gasteiger partial charge is 0.376 e. The monoisotopic (exact) mass is 386 g/mol. The van der Waals surface area contributed by atoms with Crippen molar-refractivity contribution < 1.29 is 4.79 Å². The Morgan fingerprint density at radius 3 is 2.58 bits per heavy atom. The van der Waals surface area contributed by atoms with Crippen LogP contribution in [0.2, 0.25) is 5.02 Å². The van der Waals surface area contributed by atoms with E-state index in [2.05, 4.69) is 33.2 Å². The zero-order chi connectivity index (χ0) is 13.7. The molecular formula is C14H12ClIN2O. The van der Waals surface area contributed by atoms with Crippen LogP contribution < -0.4 is 10.6 Å². The summed E-state index contributed by atoms with van der Waals surface area (Å²) in [6.07, 6.45) is 0. The Morgan fingerprint density at radius 1 is 1.16 bits per heavy atom. The second-order valence-electron chi connectivity index (χ2n) is 3.89. The van der Waals surface area contributed by atoms with E-state index in [0.717, 1.165) is 14.9 Å². The van der Waals surface area contributed by atoms with Gasteiger partial charge >= 0.3 is 0 Å². The number of anilines is 2. The van der Waals surface area contributed by atoms with Gasteiger partial charge in [-0.2, -0.15) is 0 Å². The minimum absolute atomic E-state index is 0.0934. The maximum atomic E-state index is 11.8. The molecule has 98 valence electrons. The van der Waals surface area contributed by atoms with E-state index in [1.807, 2.05) is 36.4 Å². The van der Waals surface area contributed by atoms with Crippen molar-refractivity contribution in [2.24, 2.45) is 0 Å². The van der Waals surface area contributed by atoms with E-state index in [1.165, 1.54) is 0 Å². The number of hydrogen-bond donors (Lipinski definition) is 2. The van der Waals surface area contributed by atoms with Gasteiger partial charge in [-0.1, -0.05) is 29.8 Å². The Bertz CT molecular complexity index is 575. The molecule has 0 atom stereocenters. The van der Waals surface area contributed by atoms with Crippen molar-refractivity contribution in [3.05, 3.63) is 57.1 Å². The molecular weight excluding hydrogens is 375 g/mol. The van der Waals surface area contributed by atoms with Crippen LogP contribution in [0.25, 0.3) is 0 Å². The molecule has 0 radical (unpaired) electrons. The molecule has 0 aliphatic heterocycles. The Morgan fingerprint density at radius 2 is 1.89 bits per heavy atom. The van der Waals surface area contributed by atoms with Crippen molar-refractivity contribution in [2.45, 2.75) is 0 Å². The van der Waals surface area contributed by atoms with Gasteiger partial charge in [0.25, 0.3) is 0 Å². The zero-order valence-corrected chi connectivity index (χ0v) is 12.9. The van der Waals surface area contributed by atoms with Crippen LogP contribution in [0.1, 0.15) is 0 Å². The highest BCUT2D eigenvalue weighted by molar-refractivity contribution is 14.1. The van der Waals surface area contributed by atoms with E-state index in [9.17, 15) is 4.79 Å². The third-order valence-corrected chi connectivity index (χ3v) is 3.56. The molecule has 0 spiro atoms. The summed E-state index contributed by atoms with van der Waals surface area (Å²) in [5.74, 6) is -0.0934. The minimum Gasteiger partial charge on any atom is -0.376 e. The molecule has 0 saturated heterocycles. The van der Waals surface area contributed by atoms with E-state index in [-0.39, 0.29) is 12.5 Å². The van der Waals surface area contributed by atoms with Gasteiger partial charge in [0.15, 0.2) is 0 Å². The van der Waals surface area contributed by atoms with Crippen LogP contribution in [0.4, 0.5) is 11.4 Å². The summed E-state index contributed by atoms with van der Waals surface area (Å²) in [7, 11) is 0. The van der Waals surface area contributed by atoms with Crippen LogP contribution in [-0.4, -0.2) is 12.5 Å². The first kappa shape index (κ1) is 14.1. The molecule has 0 unspecified atom stereocenters. The van der Waals surface area contributed by atoms with Gasteiger partial charge in [-0.15, -0.1) is 0 Å². The van der Waals surface area contributed by atoms with Crippen molar-refractivity contribution in [2.75, 3.05) is 17.2 Å². The summed E-state index contributed by atoms with van der Waals surface area (Å²) in [4.78, 5) is 11.8. The van der Waals surface area contributed by atoms with Gasteiger partial charge in [0.05, 0.1) is 12.2 Å². The maximum absolute atomic E-state index is 11.8. The number of carbonyl (C=O) groups is 1. The Balaban J connectivity index is 1.91. The standard InChI is InChI=1S/C14H12ClIN2O/c15-10-6-7-13(12(16)8-10)18-14(19)9-17-11-4-2-1-3-5-11/h1-8,17H,9H2,(H,18,19). The van der Waals surface area contributed by atoms with Crippen LogP contribution in [-0.2, 0) is 4.79 Å². The predicted octanol–water partition coefficient (Wildman–Crippen LogP) is 4.00. The average Bonchev–Trinajstić information content (AvgIpc) is 2.41. The van der Waals surface area contributed by atoms with Gasteiger partial charge in [0.1, 0.15) is 0 Å². The number of nitrogens with one attached hydrogen (secondary N) is 2. The van der Waals surface area contributed by atoms with E-state index in [4.69, 9.17) is 11.6 Å². The third kappa shape index (κ3) is 4.40. The summed E-state index contributed by atoms with van der Waals surface area (Å²) in [5.41, 5.74) is 1.69. The molecule has 2 N–H and O–H groups in total. The first-order valence-corrected chi connectivity index (χ1v) is 7.14. The lowest BCUT2D eigenvalue weighted by atomic mass is 10.3. The van der Waals surface area contributed by atoms with Gasteiger partial charge in [-0.05, 0) is 52.9 Å². The van der Waals surface area contributed by atoms with E-state index in [0.29, 0.717) is 5.02 Å². The van der Waals surface area contributed by atoms with Gasteiger partial charge in [-0.3, -0.25) is 4.79 Å². The molecule has 0 aromatic heterocycles. The average molecular weight is 387 g/mol. The fraction of sp³-hybridized carbons (Fsp3) is 0.0714. The highest BCUT2D eigenvalue weighted by Gasteiger charge is 2.05. The van der Waals surface area contributed by atoms with Crippen LogP contribution >= 0.6 is 34.2 Å². The van der Waals surface area contributed by atoms with Crippen LogP contribution in [0.15, 0.2) is 48.5 Å². The van der Waals surface area contributed by atoms with Gasteiger partial charge < -0.3 is 10.6 Å². The molecule has 2 aromatic rings. The van der Waals surface area contributed by atoms with Crippen LogP contribution in [0.5, 0.6) is 0 Å². The topological polar surface area (TPSA) is 41.1 Å². The van der Waals surface area contributed by atoms with Crippen molar-refractivity contribution in [1.29, 1.82) is 0 Å². The quantitative estimate of drug-likeness (QED) is 0.780. The van der Waals surface area contributed by atoms with Crippen LogP contribution in [0, 0.1) is 3.57 Å². The molecule has 0 fully saturated rings. The Hall–Kier alpha value is -1.27. The summed E-state index contributed by atoms with van der Waals surface area (Å²) in [6.45, 7) is 0.225. The summed E-state index contributed by atoms with van der Waals surface area (Å²) < 4.78 is 0.915. The van der Waals surface area contributed by atoms with Crippen molar-refractivity contribution in [1.82, 2.24) is 0 Å². The minimum atomic E-state index is -0.0934. The van der Waals surface area contributed by atoms with E-state index in [1.54, 1.807) is 12.1 Å². The molecule has 2 rings (SSSR count). The lowest BCUT2D eigenvalue weighted by Gasteiger charge is -2.09. The number of halogens is 2. The molecule has 5 heteroatoms. The van der Waals surface area contributed by atoms with Gasteiger partial charge in [-0.25, -0.2) is 0 Å². The van der Waals surface area contributed by atoms with Gasteiger partial charge in [0.2, 0.25) is 5.91 Å². The first-order chi connectivity index (χ1) is 9.15. The number of carbonyl (C=O) groups excluding carboxylic acids is 1. The SMILES string of the molecule is O=C(CNc1ccccc1)Nc1ccc(Cl)cc1I. The van der Waals surface area contributed by atoms with Crippen molar-refractivity contribution in [3.63, 3.8) is 0 Å². The summed E-state index contributed by atoms with van der Waals surface area (Å²) in [5, 5.41) is 6.55. The number of amides is 1. The zero-order valence-electron chi connectivity index (χ0n) is 9.99. The molecule has 0 aliphatic carbocycles. The normalized spacial score (nSPS) is 10.0. The highest BCUT2D eigenvalue weighted by atomic mass is 127. The van der Waals surface area contributed by atoms with E-state index >= 15 is 0 Å². The second-order valence-corrected chi connectivity index (χ2v) is 5.49. The fourth-order valence-corrected chi connectivity index (χ4v) is 2.53. The molecule has 1 amide bonds. The summed E-state index contributed by atoms with van der Waals surface area (Å²) in [6, 6.07) is 15.0. The number of hydrogen-bond acceptors (Lipinski definition) is 2. The fourth-order valence-electron chi connectivity index (χ4n) is 1.52. The van der Waals surface area contributed by atoms with Crippen molar-refractivity contribution in [3.8, 4) is 0 Å². The predicted molar refractivity (Wildman–Crippen MR) is 87.7 cm³/mol. The second kappa shape index (κ2) is 6.77. The van der Waals surface area contributed by atoms with Crippen LogP contribution in [0.3, 0.4) is 0 Å². The first-order valence-electron chi connectivity index (χ1n) is 5.69. The lowest BCUT2D eigenvalue weighted by Crippen LogP contribution is -2.22. The molecule has 0 heterocycles. The molecule has 0 aliphatic rings. The van der Waals surface area contributed by atoms with Crippen molar-refractivity contribution >= 4 is 51.5 Å². The Kier molecular flexibility index (Phi) is 5.04. The summed E-state index contributed by atoms with van der Waals surface area (Å²) >= 11 is 8.00. The van der Waals surface area contributed by atoms with E-state index < -0.39 is 0 Å².